The molecule has 0 aliphatic rings. The lowest BCUT2D eigenvalue weighted by Gasteiger charge is -2.37. The van der Waals surface area contributed by atoms with Gasteiger partial charge in [-0.15, -0.1) is 0 Å². The molecule has 0 N–H and O–H groups in total. The van der Waals surface area contributed by atoms with Crippen LogP contribution in [0.2, 0.25) is 0 Å². The van der Waals surface area contributed by atoms with Crippen LogP contribution in [0.5, 0.6) is 0 Å². The van der Waals surface area contributed by atoms with E-state index in [4.69, 9.17) is 14.2 Å². The second-order valence-electron chi connectivity index (χ2n) is 14.9. The van der Waals surface area contributed by atoms with Gasteiger partial charge in [-0.1, -0.05) is 62.3 Å². The monoisotopic (exact) mass is 527 g/mol. The fraction of sp³-hybridized carbons (Fsp3) is 0.900. The molecular formula is C30H57NO6. The Balaban J connectivity index is 5.20. The van der Waals surface area contributed by atoms with Gasteiger partial charge in [0.25, 0.3) is 0 Å². The quantitative estimate of drug-likeness (QED) is 0.223. The van der Waals surface area contributed by atoms with Gasteiger partial charge in [0.2, 0.25) is 0 Å². The Morgan fingerprint density at radius 1 is 0.432 bits per heavy atom. The number of rotatable bonds is 12. The van der Waals surface area contributed by atoms with Crippen LogP contribution in [0.1, 0.15) is 104 Å². The average molecular weight is 528 g/mol. The number of hydrogen-bond donors (Lipinski definition) is 0. The summed E-state index contributed by atoms with van der Waals surface area (Å²) in [5.74, 6) is -0.759. The van der Waals surface area contributed by atoms with Crippen molar-refractivity contribution in [3.63, 3.8) is 0 Å². The lowest BCUT2D eigenvalue weighted by atomic mass is 9.69. The number of ether oxygens (including phenoxy) is 3. The highest BCUT2D eigenvalue weighted by Gasteiger charge is 2.43. The number of nitrogens with zero attached hydrogens (tertiary/aromatic N) is 1. The standard InChI is InChI=1S/C30H57NO6/c1-25(2,3)28(10,11)22(32)35-19-16-31(17-20-36-23(33)29(12,13)26(4,5)6)18-21-37-24(34)30(14,15)27(7,8)9/h16-21H2,1-15H3. The maximum absolute atomic E-state index is 12.7. The second kappa shape index (κ2) is 12.5. The Morgan fingerprint density at radius 3 is 0.784 bits per heavy atom. The summed E-state index contributed by atoms with van der Waals surface area (Å²) in [6, 6.07) is 0. The summed E-state index contributed by atoms with van der Waals surface area (Å²) in [5, 5.41) is 0. The van der Waals surface area contributed by atoms with Crippen molar-refractivity contribution in [2.75, 3.05) is 39.5 Å². The third-order valence-electron chi connectivity index (χ3n) is 9.08. The highest BCUT2D eigenvalue weighted by atomic mass is 16.5. The van der Waals surface area contributed by atoms with Gasteiger partial charge in [0.05, 0.1) is 16.2 Å². The molecule has 0 aromatic rings. The molecule has 0 aliphatic heterocycles. The number of hydrogen-bond acceptors (Lipinski definition) is 7. The minimum atomic E-state index is -0.639. The van der Waals surface area contributed by atoms with E-state index >= 15 is 0 Å². The van der Waals surface area contributed by atoms with E-state index in [9.17, 15) is 14.4 Å². The molecule has 0 spiro atoms. The zero-order chi connectivity index (χ0) is 29.7. The van der Waals surface area contributed by atoms with E-state index in [2.05, 4.69) is 0 Å². The summed E-state index contributed by atoms with van der Waals surface area (Å²) in [4.78, 5) is 40.2. The van der Waals surface area contributed by atoms with Crippen molar-refractivity contribution in [2.24, 2.45) is 32.5 Å². The van der Waals surface area contributed by atoms with E-state index in [-0.39, 0.29) is 54.0 Å². The van der Waals surface area contributed by atoms with Crippen LogP contribution in [0, 0.1) is 32.5 Å². The molecule has 0 radical (unpaired) electrons. The molecule has 0 aromatic carbocycles. The van der Waals surface area contributed by atoms with Gasteiger partial charge in [0.1, 0.15) is 19.8 Å². The molecule has 0 bridgehead atoms. The highest BCUT2D eigenvalue weighted by Crippen LogP contribution is 2.40. The molecule has 0 atom stereocenters. The van der Waals surface area contributed by atoms with Crippen molar-refractivity contribution in [2.45, 2.75) is 104 Å². The van der Waals surface area contributed by atoms with Crippen LogP contribution in [0.4, 0.5) is 0 Å². The van der Waals surface area contributed by atoms with Gasteiger partial charge in [-0.2, -0.15) is 0 Å². The maximum Gasteiger partial charge on any atom is 0.312 e. The molecule has 0 unspecified atom stereocenters. The number of carbonyl (C=O) groups is 3. The van der Waals surface area contributed by atoms with Gasteiger partial charge < -0.3 is 14.2 Å². The summed E-state index contributed by atoms with van der Waals surface area (Å²) in [7, 11) is 0. The smallest absolute Gasteiger partial charge is 0.312 e. The molecule has 218 valence electrons. The Morgan fingerprint density at radius 2 is 0.622 bits per heavy atom. The first-order valence-electron chi connectivity index (χ1n) is 13.5. The van der Waals surface area contributed by atoms with Crippen molar-refractivity contribution in [1.29, 1.82) is 0 Å². The molecule has 0 heterocycles. The van der Waals surface area contributed by atoms with E-state index in [0.29, 0.717) is 19.6 Å². The van der Waals surface area contributed by atoms with E-state index in [1.54, 1.807) is 0 Å². The average Bonchev–Trinajstić information content (AvgIpc) is 2.70. The molecular weight excluding hydrogens is 470 g/mol. The minimum absolute atomic E-state index is 0.196. The van der Waals surface area contributed by atoms with Crippen molar-refractivity contribution >= 4 is 17.9 Å². The number of esters is 3. The Hall–Kier alpha value is -1.63. The van der Waals surface area contributed by atoms with Crippen LogP contribution in [0.3, 0.4) is 0 Å². The van der Waals surface area contributed by atoms with Gasteiger partial charge in [-0.05, 0) is 57.8 Å². The SMILES string of the molecule is CC(C)(C)C(C)(C)C(=O)OCCN(CCOC(=O)C(C)(C)C(C)(C)C)CCOC(=O)C(C)(C)C(C)(C)C. The van der Waals surface area contributed by atoms with Crippen LogP contribution in [-0.2, 0) is 28.6 Å². The van der Waals surface area contributed by atoms with E-state index in [1.807, 2.05) is 109 Å². The molecule has 7 nitrogen and oxygen atoms in total. The van der Waals surface area contributed by atoms with Crippen molar-refractivity contribution < 1.29 is 28.6 Å². The van der Waals surface area contributed by atoms with Gasteiger partial charge in [0.15, 0.2) is 0 Å². The van der Waals surface area contributed by atoms with Crippen LogP contribution >= 0.6 is 0 Å². The second-order valence-corrected chi connectivity index (χ2v) is 14.9. The first-order valence-corrected chi connectivity index (χ1v) is 13.5. The summed E-state index contributed by atoms with van der Waals surface area (Å²) in [6.07, 6.45) is 0. The predicted molar refractivity (Wildman–Crippen MR) is 149 cm³/mol. The number of carbonyl (C=O) groups excluding carboxylic acids is 3. The fourth-order valence-corrected chi connectivity index (χ4v) is 2.60. The maximum atomic E-state index is 12.7. The minimum Gasteiger partial charge on any atom is -0.464 e. The molecule has 0 aliphatic carbocycles. The molecule has 0 amide bonds. The normalized spacial score (nSPS) is 13.9. The van der Waals surface area contributed by atoms with E-state index in [1.165, 1.54) is 0 Å². The summed E-state index contributed by atoms with van der Waals surface area (Å²) in [5.41, 5.74) is -2.65. The van der Waals surface area contributed by atoms with Crippen molar-refractivity contribution in [3.05, 3.63) is 0 Å². The topological polar surface area (TPSA) is 82.1 Å². The Labute approximate surface area is 227 Å². The first kappa shape index (κ1) is 35.4. The summed E-state index contributed by atoms with van der Waals surface area (Å²) >= 11 is 0. The van der Waals surface area contributed by atoms with Gasteiger partial charge in [0, 0.05) is 19.6 Å². The van der Waals surface area contributed by atoms with E-state index in [0.717, 1.165) is 0 Å². The van der Waals surface area contributed by atoms with Crippen LogP contribution < -0.4 is 0 Å². The van der Waals surface area contributed by atoms with Gasteiger partial charge in [-0.25, -0.2) is 0 Å². The molecule has 0 saturated heterocycles. The predicted octanol–water partition coefficient (Wildman–Crippen LogP) is 6.13. The highest BCUT2D eigenvalue weighted by molar-refractivity contribution is 5.77. The Bertz CT molecular complexity index is 671. The third-order valence-corrected chi connectivity index (χ3v) is 9.08. The zero-order valence-electron chi connectivity index (χ0n) is 26.6. The van der Waals surface area contributed by atoms with Gasteiger partial charge >= 0.3 is 17.9 Å². The van der Waals surface area contributed by atoms with Crippen LogP contribution in [-0.4, -0.2) is 62.3 Å². The molecule has 7 heteroatoms. The van der Waals surface area contributed by atoms with Crippen molar-refractivity contribution in [1.82, 2.24) is 4.90 Å². The molecule has 0 fully saturated rings. The summed E-state index contributed by atoms with van der Waals surface area (Å²) < 4.78 is 16.9. The summed E-state index contributed by atoms with van der Waals surface area (Å²) in [6.45, 7) is 31.4. The molecule has 0 saturated carbocycles. The fourth-order valence-electron chi connectivity index (χ4n) is 2.60. The lowest BCUT2D eigenvalue weighted by Crippen LogP contribution is -2.42. The lowest BCUT2D eigenvalue weighted by molar-refractivity contribution is -0.161. The zero-order valence-corrected chi connectivity index (χ0v) is 26.6. The van der Waals surface area contributed by atoms with Crippen LogP contribution in [0.25, 0.3) is 0 Å². The van der Waals surface area contributed by atoms with Crippen molar-refractivity contribution in [3.8, 4) is 0 Å². The van der Waals surface area contributed by atoms with Crippen LogP contribution in [0.15, 0.2) is 0 Å². The van der Waals surface area contributed by atoms with E-state index < -0.39 is 16.2 Å². The molecule has 37 heavy (non-hydrogen) atoms. The Kier molecular flexibility index (Phi) is 11.9. The first-order chi connectivity index (χ1) is 16.3. The molecule has 0 aromatic heterocycles. The largest absolute Gasteiger partial charge is 0.464 e. The molecule has 0 rings (SSSR count). The van der Waals surface area contributed by atoms with Gasteiger partial charge in [-0.3, -0.25) is 19.3 Å². The third kappa shape index (κ3) is 9.56.